The molecule has 1 aliphatic carbocycles. The Bertz CT molecular complexity index is 521. The molecule has 1 fully saturated rings. The quantitative estimate of drug-likeness (QED) is 0.387. The summed E-state index contributed by atoms with van der Waals surface area (Å²) in [6, 6.07) is 9.29. The number of halogens is 1. The van der Waals surface area contributed by atoms with Gasteiger partial charge in [-0.15, -0.1) is 24.0 Å². The Labute approximate surface area is 168 Å². The van der Waals surface area contributed by atoms with Crippen molar-refractivity contribution in [2.75, 3.05) is 27.4 Å². The number of aliphatic imine (C=N–C) groups is 1. The SMILES string of the molecule is CN=C(NCc1cccc(CN(C)C)c1)NC1CCC(SC)C1.I. The molecule has 136 valence electrons. The molecule has 0 saturated heterocycles. The van der Waals surface area contributed by atoms with Crippen LogP contribution in [0.15, 0.2) is 29.3 Å². The minimum absolute atomic E-state index is 0. The lowest BCUT2D eigenvalue weighted by atomic mass is 10.1. The number of hydrogen-bond donors (Lipinski definition) is 2. The van der Waals surface area contributed by atoms with Crippen molar-refractivity contribution in [2.24, 2.45) is 4.99 Å². The molecule has 0 spiro atoms. The maximum absolute atomic E-state index is 4.37. The van der Waals surface area contributed by atoms with Crippen molar-refractivity contribution in [1.29, 1.82) is 0 Å². The zero-order chi connectivity index (χ0) is 16.7. The fourth-order valence-corrected chi connectivity index (χ4v) is 3.86. The van der Waals surface area contributed by atoms with E-state index in [4.69, 9.17) is 0 Å². The fraction of sp³-hybridized carbons (Fsp3) is 0.611. The van der Waals surface area contributed by atoms with E-state index in [1.165, 1.54) is 30.4 Å². The normalized spacial score (nSPS) is 20.8. The van der Waals surface area contributed by atoms with Crippen LogP contribution in [0.2, 0.25) is 0 Å². The van der Waals surface area contributed by atoms with Gasteiger partial charge < -0.3 is 15.5 Å². The van der Waals surface area contributed by atoms with Gasteiger partial charge in [0.05, 0.1) is 0 Å². The first kappa shape index (κ1) is 21.6. The topological polar surface area (TPSA) is 39.7 Å². The Morgan fingerprint density at radius 2 is 2.04 bits per heavy atom. The molecule has 2 N–H and O–H groups in total. The molecule has 0 aliphatic heterocycles. The van der Waals surface area contributed by atoms with Gasteiger partial charge in [-0.05, 0) is 50.7 Å². The van der Waals surface area contributed by atoms with E-state index in [0.29, 0.717) is 6.04 Å². The van der Waals surface area contributed by atoms with E-state index < -0.39 is 0 Å². The molecule has 1 aromatic carbocycles. The number of nitrogens with one attached hydrogen (secondary N) is 2. The molecule has 0 aromatic heterocycles. The molecule has 0 heterocycles. The highest BCUT2D eigenvalue weighted by molar-refractivity contribution is 14.0. The van der Waals surface area contributed by atoms with Crippen LogP contribution in [-0.4, -0.2) is 49.6 Å². The number of guanidine groups is 1. The molecule has 24 heavy (non-hydrogen) atoms. The van der Waals surface area contributed by atoms with E-state index >= 15 is 0 Å². The third kappa shape index (κ3) is 7.19. The van der Waals surface area contributed by atoms with Gasteiger partial charge >= 0.3 is 0 Å². The maximum Gasteiger partial charge on any atom is 0.191 e. The number of rotatable bonds is 6. The van der Waals surface area contributed by atoms with Gasteiger partial charge in [-0.1, -0.05) is 24.3 Å². The van der Waals surface area contributed by atoms with Gasteiger partial charge in [-0.25, -0.2) is 0 Å². The molecule has 0 amide bonds. The van der Waals surface area contributed by atoms with E-state index in [2.05, 4.69) is 65.1 Å². The average molecular weight is 462 g/mol. The van der Waals surface area contributed by atoms with Crippen molar-refractivity contribution in [3.63, 3.8) is 0 Å². The molecule has 2 rings (SSSR count). The number of nitrogens with zero attached hydrogens (tertiary/aromatic N) is 2. The summed E-state index contributed by atoms with van der Waals surface area (Å²) in [5.74, 6) is 0.912. The summed E-state index contributed by atoms with van der Waals surface area (Å²) in [6.07, 6.45) is 5.99. The highest BCUT2D eigenvalue weighted by atomic mass is 127. The monoisotopic (exact) mass is 462 g/mol. The summed E-state index contributed by atoms with van der Waals surface area (Å²) in [7, 11) is 6.04. The smallest absolute Gasteiger partial charge is 0.191 e. The molecule has 1 aliphatic rings. The molecule has 6 heteroatoms. The number of hydrogen-bond acceptors (Lipinski definition) is 3. The van der Waals surface area contributed by atoms with E-state index in [-0.39, 0.29) is 24.0 Å². The number of benzene rings is 1. The summed E-state index contributed by atoms with van der Waals surface area (Å²) in [4.78, 5) is 6.56. The minimum atomic E-state index is 0. The van der Waals surface area contributed by atoms with Crippen molar-refractivity contribution in [3.05, 3.63) is 35.4 Å². The van der Waals surface area contributed by atoms with Crippen molar-refractivity contribution >= 4 is 41.7 Å². The van der Waals surface area contributed by atoms with Crippen molar-refractivity contribution in [2.45, 2.75) is 43.6 Å². The van der Waals surface area contributed by atoms with Gasteiger partial charge in [0, 0.05) is 31.4 Å². The second-order valence-corrected chi connectivity index (χ2v) is 7.63. The molecular formula is C18H31IN4S. The predicted octanol–water partition coefficient (Wildman–Crippen LogP) is 3.32. The molecule has 0 bridgehead atoms. The van der Waals surface area contributed by atoms with Crippen molar-refractivity contribution in [3.8, 4) is 0 Å². The lowest BCUT2D eigenvalue weighted by Crippen LogP contribution is -2.42. The summed E-state index contributed by atoms with van der Waals surface area (Å²) in [5, 5.41) is 7.81. The third-order valence-electron chi connectivity index (χ3n) is 4.23. The first-order chi connectivity index (χ1) is 11.1. The van der Waals surface area contributed by atoms with E-state index in [1.54, 1.807) is 0 Å². The Balaban J connectivity index is 0.00000288. The zero-order valence-corrected chi connectivity index (χ0v) is 18.4. The van der Waals surface area contributed by atoms with Crippen LogP contribution >= 0.6 is 35.7 Å². The summed E-state index contributed by atoms with van der Waals surface area (Å²) in [5.41, 5.74) is 2.64. The predicted molar refractivity (Wildman–Crippen MR) is 118 cm³/mol. The van der Waals surface area contributed by atoms with Crippen LogP contribution < -0.4 is 10.6 Å². The fourth-order valence-electron chi connectivity index (χ4n) is 3.06. The third-order valence-corrected chi connectivity index (χ3v) is 5.33. The minimum Gasteiger partial charge on any atom is -0.354 e. The molecule has 1 aromatic rings. The standard InChI is InChI=1S/C18H30N4S.HI/c1-19-18(21-16-8-9-17(11-16)23-4)20-12-14-6-5-7-15(10-14)13-22(2)3;/h5-7,10,16-17H,8-9,11-13H2,1-4H3,(H2,19,20,21);1H. The van der Waals surface area contributed by atoms with Gasteiger partial charge in [-0.3, -0.25) is 4.99 Å². The van der Waals surface area contributed by atoms with Crippen LogP contribution in [0.5, 0.6) is 0 Å². The van der Waals surface area contributed by atoms with Crippen LogP contribution in [0.25, 0.3) is 0 Å². The second kappa shape index (κ2) is 11.2. The van der Waals surface area contributed by atoms with Crippen molar-refractivity contribution in [1.82, 2.24) is 15.5 Å². The molecule has 0 radical (unpaired) electrons. The van der Waals surface area contributed by atoms with Crippen molar-refractivity contribution < 1.29 is 0 Å². The molecule has 2 atom stereocenters. The van der Waals surface area contributed by atoms with Gasteiger partial charge in [0.25, 0.3) is 0 Å². The van der Waals surface area contributed by atoms with Crippen LogP contribution in [0, 0.1) is 0 Å². The van der Waals surface area contributed by atoms with Crippen LogP contribution in [0.4, 0.5) is 0 Å². The molecular weight excluding hydrogens is 431 g/mol. The van der Waals surface area contributed by atoms with Gasteiger partial charge in [0.1, 0.15) is 0 Å². The van der Waals surface area contributed by atoms with Crippen LogP contribution in [0.3, 0.4) is 0 Å². The Kier molecular flexibility index (Phi) is 10.1. The molecule has 2 unspecified atom stereocenters. The first-order valence-electron chi connectivity index (χ1n) is 8.33. The summed E-state index contributed by atoms with van der Waals surface area (Å²) in [6.45, 7) is 1.78. The molecule has 1 saturated carbocycles. The van der Waals surface area contributed by atoms with Crippen LogP contribution in [0.1, 0.15) is 30.4 Å². The molecule has 4 nitrogen and oxygen atoms in total. The maximum atomic E-state index is 4.37. The Hall–Kier alpha value is -0.470. The Morgan fingerprint density at radius 3 is 2.67 bits per heavy atom. The van der Waals surface area contributed by atoms with Gasteiger partial charge in [0.15, 0.2) is 5.96 Å². The highest BCUT2D eigenvalue weighted by Crippen LogP contribution is 2.27. The van der Waals surface area contributed by atoms with Gasteiger partial charge in [-0.2, -0.15) is 11.8 Å². The lowest BCUT2D eigenvalue weighted by molar-refractivity contribution is 0.402. The zero-order valence-electron chi connectivity index (χ0n) is 15.2. The number of thioether (sulfide) groups is 1. The average Bonchev–Trinajstić information content (AvgIpc) is 2.99. The Morgan fingerprint density at radius 1 is 1.29 bits per heavy atom. The summed E-state index contributed by atoms with van der Waals surface area (Å²) < 4.78 is 0. The van der Waals surface area contributed by atoms with Gasteiger partial charge in [0.2, 0.25) is 0 Å². The van der Waals surface area contributed by atoms with E-state index in [1.807, 2.05) is 18.8 Å². The van der Waals surface area contributed by atoms with Crippen LogP contribution in [-0.2, 0) is 13.1 Å². The highest BCUT2D eigenvalue weighted by Gasteiger charge is 2.24. The first-order valence-corrected chi connectivity index (χ1v) is 9.62. The largest absolute Gasteiger partial charge is 0.354 e. The summed E-state index contributed by atoms with van der Waals surface area (Å²) >= 11 is 1.98. The second-order valence-electron chi connectivity index (χ2n) is 6.50. The van der Waals surface area contributed by atoms with E-state index in [0.717, 1.165) is 24.3 Å². The lowest BCUT2D eigenvalue weighted by Gasteiger charge is -2.18. The van der Waals surface area contributed by atoms with E-state index in [9.17, 15) is 0 Å².